The lowest BCUT2D eigenvalue weighted by atomic mass is 9.85. The van der Waals surface area contributed by atoms with Crippen LogP contribution in [0.1, 0.15) is 39.5 Å². The van der Waals surface area contributed by atoms with Crippen LogP contribution in [0.3, 0.4) is 0 Å². The van der Waals surface area contributed by atoms with E-state index >= 15 is 0 Å². The summed E-state index contributed by atoms with van der Waals surface area (Å²) in [6.07, 6.45) is 0. The van der Waals surface area contributed by atoms with Gasteiger partial charge in [0.25, 0.3) is 0 Å². The summed E-state index contributed by atoms with van der Waals surface area (Å²) >= 11 is 0. The molecule has 0 heterocycles. The molecule has 0 spiro atoms. The molecule has 0 aliphatic carbocycles. The fourth-order valence-corrected chi connectivity index (χ4v) is 3.97. The van der Waals surface area contributed by atoms with Gasteiger partial charge in [-0.05, 0) is 52.5 Å². The van der Waals surface area contributed by atoms with Gasteiger partial charge >= 0.3 is 11.9 Å². The van der Waals surface area contributed by atoms with Gasteiger partial charge in [0, 0.05) is 5.57 Å². The van der Waals surface area contributed by atoms with Gasteiger partial charge in [0.15, 0.2) is 0 Å². The quantitative estimate of drug-likeness (QED) is 0.110. The maximum absolute atomic E-state index is 12.6. The van der Waals surface area contributed by atoms with Crippen molar-refractivity contribution in [3.05, 3.63) is 155 Å². The van der Waals surface area contributed by atoms with Gasteiger partial charge in [0.1, 0.15) is 13.2 Å². The van der Waals surface area contributed by atoms with Crippen LogP contribution in [0, 0.1) is 0 Å². The summed E-state index contributed by atoms with van der Waals surface area (Å²) in [6.45, 7) is 5.04. The zero-order valence-corrected chi connectivity index (χ0v) is 20.7. The van der Waals surface area contributed by atoms with Crippen LogP contribution >= 0.6 is 0 Å². The first-order valence-electron chi connectivity index (χ1n) is 12.1. The number of hydrogen-bond acceptors (Lipinski definition) is 4. The Bertz CT molecular complexity index is 1350. The minimum atomic E-state index is -0.506. The minimum absolute atomic E-state index is 0.0199. The molecule has 4 aromatic carbocycles. The molecule has 4 nitrogen and oxygen atoms in total. The van der Waals surface area contributed by atoms with E-state index in [0.29, 0.717) is 11.1 Å². The second-order valence-corrected chi connectivity index (χ2v) is 8.48. The first-order valence-corrected chi connectivity index (χ1v) is 12.1. The van der Waals surface area contributed by atoms with Crippen molar-refractivity contribution in [2.24, 2.45) is 0 Å². The molecular weight excluding hydrogens is 460 g/mol. The normalized spacial score (nSPS) is 10.3. The molecule has 0 amide bonds. The molecule has 0 atom stereocenters. The van der Waals surface area contributed by atoms with E-state index in [1.165, 1.54) is 0 Å². The van der Waals surface area contributed by atoms with Crippen LogP contribution in [-0.4, -0.2) is 25.2 Å². The molecule has 0 radical (unpaired) electrons. The number of carbonyl (C=O) groups is 2. The molecule has 0 N–H and O–H groups in total. The van der Waals surface area contributed by atoms with E-state index in [2.05, 4.69) is 43.0 Å². The molecule has 0 aliphatic heterocycles. The third-order valence-corrected chi connectivity index (χ3v) is 5.74. The number of carbonyl (C=O) groups excluding carboxylic acids is 2. The monoisotopic (exact) mass is 488 g/mol. The summed E-state index contributed by atoms with van der Waals surface area (Å²) in [7, 11) is 0. The average Bonchev–Trinajstić information content (AvgIpc) is 2.95. The number of esters is 2. The van der Waals surface area contributed by atoms with Crippen LogP contribution in [0.25, 0.3) is 11.1 Å². The van der Waals surface area contributed by atoms with Gasteiger partial charge in [-0.25, -0.2) is 9.59 Å². The molecule has 4 aromatic rings. The summed E-state index contributed by atoms with van der Waals surface area (Å²) < 4.78 is 10.2. The molecule has 0 saturated heterocycles. The van der Waals surface area contributed by atoms with Crippen molar-refractivity contribution < 1.29 is 19.1 Å². The van der Waals surface area contributed by atoms with E-state index in [1.54, 1.807) is 19.1 Å². The summed E-state index contributed by atoms with van der Waals surface area (Å²) in [5.41, 5.74) is 7.12. The summed E-state index contributed by atoms with van der Waals surface area (Å²) in [6, 6.07) is 38.2. The van der Waals surface area contributed by atoms with Crippen molar-refractivity contribution in [1.29, 1.82) is 0 Å². The van der Waals surface area contributed by atoms with Crippen LogP contribution in [-0.2, 0) is 14.3 Å². The molecule has 0 unspecified atom stereocenters. The Morgan fingerprint density at radius 1 is 0.541 bits per heavy atom. The lowest BCUT2D eigenvalue weighted by Gasteiger charge is -2.18. The number of hydrogen-bond donors (Lipinski definition) is 0. The molecule has 0 fully saturated rings. The summed E-state index contributed by atoms with van der Waals surface area (Å²) in [5.74, 6) is -0.984. The minimum Gasteiger partial charge on any atom is -0.459 e. The smallest absolute Gasteiger partial charge is 0.338 e. The Morgan fingerprint density at radius 3 is 1.30 bits per heavy atom. The molecule has 37 heavy (non-hydrogen) atoms. The highest BCUT2D eigenvalue weighted by molar-refractivity contribution is 6.04. The summed E-state index contributed by atoms with van der Waals surface area (Å²) in [4.78, 5) is 24.0. The van der Waals surface area contributed by atoms with Crippen molar-refractivity contribution in [3.63, 3.8) is 0 Å². The summed E-state index contributed by atoms with van der Waals surface area (Å²) in [5, 5.41) is 0. The Kier molecular flexibility index (Phi) is 8.45. The van der Waals surface area contributed by atoms with E-state index < -0.39 is 11.9 Å². The van der Waals surface area contributed by atoms with E-state index in [0.717, 1.165) is 33.4 Å². The maximum atomic E-state index is 12.6. The van der Waals surface area contributed by atoms with Gasteiger partial charge in [0.05, 0.1) is 5.56 Å². The fourth-order valence-electron chi connectivity index (χ4n) is 3.97. The standard InChI is InChI=1S/C33H28O4/c1-24(2)32(34)36-22-23-37-33(35)29-20-18-28(19-21-29)31(27-16-10-5-11-17-27)30(25-12-6-3-7-13-25)26-14-8-4-9-15-26/h3-21H,1,22-23H2,2H3. The first-order chi connectivity index (χ1) is 18.0. The van der Waals surface area contributed by atoms with Crippen molar-refractivity contribution >= 4 is 23.1 Å². The van der Waals surface area contributed by atoms with Gasteiger partial charge in [0.2, 0.25) is 0 Å². The predicted molar refractivity (Wildman–Crippen MR) is 147 cm³/mol. The first kappa shape index (κ1) is 25.4. The SMILES string of the molecule is C=C(C)C(=O)OCCOC(=O)c1ccc(C(=C(c2ccccc2)c2ccccc2)c2ccccc2)cc1. The molecule has 0 aliphatic rings. The molecule has 0 aromatic heterocycles. The largest absolute Gasteiger partial charge is 0.459 e. The number of ether oxygens (including phenoxy) is 2. The third-order valence-electron chi connectivity index (χ3n) is 5.74. The van der Waals surface area contributed by atoms with E-state index in [4.69, 9.17) is 9.47 Å². The van der Waals surface area contributed by atoms with E-state index in [-0.39, 0.29) is 13.2 Å². The zero-order valence-electron chi connectivity index (χ0n) is 20.7. The average molecular weight is 489 g/mol. The Morgan fingerprint density at radius 2 is 0.892 bits per heavy atom. The zero-order chi connectivity index (χ0) is 26.0. The Labute approximate surface area is 217 Å². The molecule has 0 bridgehead atoms. The lowest BCUT2D eigenvalue weighted by Crippen LogP contribution is -2.14. The van der Waals surface area contributed by atoms with E-state index in [9.17, 15) is 9.59 Å². The number of benzene rings is 4. The lowest BCUT2D eigenvalue weighted by molar-refractivity contribution is -0.140. The van der Waals surface area contributed by atoms with Crippen LogP contribution in [0.2, 0.25) is 0 Å². The van der Waals surface area contributed by atoms with Crippen LogP contribution in [0.5, 0.6) is 0 Å². The van der Waals surface area contributed by atoms with Gasteiger partial charge in [-0.3, -0.25) is 0 Å². The van der Waals surface area contributed by atoms with Crippen molar-refractivity contribution in [2.45, 2.75) is 6.92 Å². The maximum Gasteiger partial charge on any atom is 0.338 e. The Balaban J connectivity index is 1.69. The highest BCUT2D eigenvalue weighted by Crippen LogP contribution is 2.36. The van der Waals surface area contributed by atoms with Gasteiger partial charge in [-0.15, -0.1) is 0 Å². The van der Waals surface area contributed by atoms with Gasteiger partial charge in [-0.1, -0.05) is 110 Å². The van der Waals surface area contributed by atoms with Crippen LogP contribution in [0.4, 0.5) is 0 Å². The third kappa shape index (κ3) is 6.50. The molecule has 4 rings (SSSR count). The molecule has 4 heteroatoms. The van der Waals surface area contributed by atoms with Crippen molar-refractivity contribution in [1.82, 2.24) is 0 Å². The highest BCUT2D eigenvalue weighted by atomic mass is 16.6. The van der Waals surface area contributed by atoms with Gasteiger partial charge < -0.3 is 9.47 Å². The van der Waals surface area contributed by atoms with Gasteiger partial charge in [-0.2, -0.15) is 0 Å². The molecule has 184 valence electrons. The molecular formula is C33H28O4. The van der Waals surface area contributed by atoms with Crippen LogP contribution in [0.15, 0.2) is 127 Å². The fraction of sp³-hybridized carbons (Fsp3) is 0.0909. The van der Waals surface area contributed by atoms with E-state index in [1.807, 2.05) is 66.7 Å². The second kappa shape index (κ2) is 12.3. The molecule has 0 saturated carbocycles. The highest BCUT2D eigenvalue weighted by Gasteiger charge is 2.17. The number of rotatable bonds is 9. The second-order valence-electron chi connectivity index (χ2n) is 8.48. The van der Waals surface area contributed by atoms with Crippen molar-refractivity contribution in [3.8, 4) is 0 Å². The van der Waals surface area contributed by atoms with Crippen molar-refractivity contribution in [2.75, 3.05) is 13.2 Å². The van der Waals surface area contributed by atoms with Crippen LogP contribution < -0.4 is 0 Å². The topological polar surface area (TPSA) is 52.6 Å². The predicted octanol–water partition coefficient (Wildman–Crippen LogP) is 6.97. The Hall–Kier alpha value is -4.70.